The molecule has 1 aromatic carbocycles. The molecular formula is C12H13N3O2S2. The Morgan fingerprint density at radius 1 is 1.26 bits per heavy atom. The molecule has 0 spiro atoms. The van der Waals surface area contributed by atoms with E-state index in [0.29, 0.717) is 16.1 Å². The number of sulfonamides is 1. The molecule has 0 saturated carbocycles. The van der Waals surface area contributed by atoms with Crippen molar-refractivity contribution in [1.29, 1.82) is 5.41 Å². The molecule has 0 amide bonds. The van der Waals surface area contributed by atoms with E-state index in [0.717, 1.165) is 0 Å². The van der Waals surface area contributed by atoms with Gasteiger partial charge in [0.05, 0.1) is 16.3 Å². The molecule has 4 N–H and O–H groups in total. The Morgan fingerprint density at radius 3 is 2.58 bits per heavy atom. The highest BCUT2D eigenvalue weighted by Crippen LogP contribution is 2.23. The number of benzene rings is 1. The van der Waals surface area contributed by atoms with Crippen LogP contribution in [0.4, 0.5) is 5.69 Å². The zero-order chi connectivity index (χ0) is 13.9. The molecule has 0 unspecified atom stereocenters. The quantitative estimate of drug-likeness (QED) is 0.581. The summed E-state index contributed by atoms with van der Waals surface area (Å²) in [7, 11) is -3.51. The minimum atomic E-state index is -3.51. The molecule has 7 heteroatoms. The Morgan fingerprint density at radius 2 is 1.95 bits per heavy atom. The molecular weight excluding hydrogens is 282 g/mol. The van der Waals surface area contributed by atoms with Crippen molar-refractivity contribution in [2.45, 2.75) is 5.75 Å². The average Bonchev–Trinajstić information content (AvgIpc) is 2.77. The zero-order valence-electron chi connectivity index (χ0n) is 9.96. The fourth-order valence-electron chi connectivity index (χ4n) is 1.60. The number of hydrogen-bond donors (Lipinski definition) is 3. The van der Waals surface area contributed by atoms with E-state index in [1.54, 1.807) is 35.7 Å². The maximum absolute atomic E-state index is 12.0. The Labute approximate surface area is 115 Å². The second-order valence-corrected chi connectivity index (χ2v) is 6.56. The second-order valence-electron chi connectivity index (χ2n) is 3.92. The molecule has 0 radical (unpaired) electrons. The van der Waals surface area contributed by atoms with E-state index in [9.17, 15) is 8.42 Å². The Kier molecular flexibility index (Phi) is 3.87. The second kappa shape index (κ2) is 5.41. The lowest BCUT2D eigenvalue weighted by molar-refractivity contribution is 0.600. The van der Waals surface area contributed by atoms with Gasteiger partial charge in [0.2, 0.25) is 10.0 Å². The van der Waals surface area contributed by atoms with Crippen LogP contribution in [0.1, 0.15) is 10.4 Å². The molecule has 5 nitrogen and oxygen atoms in total. The van der Waals surface area contributed by atoms with Crippen LogP contribution in [0.3, 0.4) is 0 Å². The van der Waals surface area contributed by atoms with Crippen molar-refractivity contribution in [1.82, 2.24) is 0 Å². The van der Waals surface area contributed by atoms with Crippen LogP contribution in [0.5, 0.6) is 0 Å². The Bertz CT molecular complexity index is 678. The predicted octanol–water partition coefficient (Wildman–Crippen LogP) is 1.97. The first-order chi connectivity index (χ1) is 8.98. The van der Waals surface area contributed by atoms with Crippen LogP contribution in [0, 0.1) is 5.41 Å². The van der Waals surface area contributed by atoms with E-state index in [1.165, 1.54) is 11.3 Å². The van der Waals surface area contributed by atoms with E-state index >= 15 is 0 Å². The third-order valence-corrected chi connectivity index (χ3v) is 4.57. The summed E-state index contributed by atoms with van der Waals surface area (Å²) in [5.41, 5.74) is 6.45. The van der Waals surface area contributed by atoms with E-state index < -0.39 is 10.0 Å². The van der Waals surface area contributed by atoms with Crippen LogP contribution < -0.4 is 10.5 Å². The average molecular weight is 295 g/mol. The van der Waals surface area contributed by atoms with Crippen molar-refractivity contribution < 1.29 is 8.42 Å². The highest BCUT2D eigenvalue weighted by atomic mass is 32.2. The fourth-order valence-corrected chi connectivity index (χ4v) is 3.58. The van der Waals surface area contributed by atoms with Crippen LogP contribution in [-0.4, -0.2) is 14.3 Å². The predicted molar refractivity (Wildman–Crippen MR) is 78.0 cm³/mol. The number of hydrogen-bond acceptors (Lipinski definition) is 4. The van der Waals surface area contributed by atoms with Crippen molar-refractivity contribution in [2.75, 3.05) is 4.72 Å². The van der Waals surface area contributed by atoms with Crippen molar-refractivity contribution in [2.24, 2.45) is 5.73 Å². The number of thiophene rings is 1. The number of anilines is 1. The SMILES string of the molecule is N=C(N)c1sccc1NS(=O)(=O)Cc1ccccc1. The summed E-state index contributed by atoms with van der Waals surface area (Å²) >= 11 is 1.23. The number of nitrogen functional groups attached to an aromatic ring is 1. The number of nitrogens with one attached hydrogen (secondary N) is 2. The fraction of sp³-hybridized carbons (Fsp3) is 0.0833. The maximum Gasteiger partial charge on any atom is 0.236 e. The third-order valence-electron chi connectivity index (χ3n) is 2.37. The largest absolute Gasteiger partial charge is 0.383 e. The third kappa shape index (κ3) is 3.55. The number of rotatable bonds is 5. The summed E-state index contributed by atoms with van der Waals surface area (Å²) in [6.07, 6.45) is 0. The molecule has 0 saturated heterocycles. The van der Waals surface area contributed by atoms with Crippen LogP contribution in [0.25, 0.3) is 0 Å². The molecule has 0 bridgehead atoms. The lowest BCUT2D eigenvalue weighted by Crippen LogP contribution is -2.18. The maximum atomic E-state index is 12.0. The van der Waals surface area contributed by atoms with Gasteiger partial charge in [0.15, 0.2) is 0 Å². The van der Waals surface area contributed by atoms with Crippen LogP contribution in [-0.2, 0) is 15.8 Å². The van der Waals surface area contributed by atoms with Gasteiger partial charge in [-0.05, 0) is 17.0 Å². The van der Waals surface area contributed by atoms with Crippen LogP contribution >= 0.6 is 11.3 Å². The van der Waals surface area contributed by atoms with E-state index in [2.05, 4.69) is 4.72 Å². The van der Waals surface area contributed by atoms with Crippen molar-refractivity contribution >= 4 is 32.9 Å². The van der Waals surface area contributed by atoms with Crippen LogP contribution in [0.2, 0.25) is 0 Å². The minimum absolute atomic E-state index is 0.110. The summed E-state index contributed by atoms with van der Waals surface area (Å²) in [4.78, 5) is 0.427. The first-order valence-electron chi connectivity index (χ1n) is 5.44. The first-order valence-corrected chi connectivity index (χ1v) is 7.97. The summed E-state index contributed by atoms with van der Waals surface area (Å²) in [5.74, 6) is -0.256. The van der Waals surface area contributed by atoms with Gasteiger partial charge in [0.1, 0.15) is 5.84 Å². The highest BCUT2D eigenvalue weighted by molar-refractivity contribution is 7.91. The van der Waals surface area contributed by atoms with Crippen molar-refractivity contribution in [3.63, 3.8) is 0 Å². The minimum Gasteiger partial charge on any atom is -0.383 e. The normalized spacial score (nSPS) is 11.2. The van der Waals surface area contributed by atoms with Gasteiger partial charge in [-0.1, -0.05) is 30.3 Å². The van der Waals surface area contributed by atoms with Gasteiger partial charge in [-0.25, -0.2) is 8.42 Å². The monoisotopic (exact) mass is 295 g/mol. The van der Waals surface area contributed by atoms with E-state index in [-0.39, 0.29) is 11.6 Å². The van der Waals surface area contributed by atoms with Gasteiger partial charge in [0.25, 0.3) is 0 Å². The Balaban J connectivity index is 2.18. The van der Waals surface area contributed by atoms with E-state index in [1.807, 2.05) is 6.07 Å². The molecule has 100 valence electrons. The Hall–Kier alpha value is -1.86. The standard InChI is InChI=1S/C12H13N3O2S2/c13-12(14)11-10(6-7-18-11)15-19(16,17)8-9-4-2-1-3-5-9/h1-7,15H,8H2,(H3,13,14). The van der Waals surface area contributed by atoms with Gasteiger partial charge in [0, 0.05) is 0 Å². The smallest absolute Gasteiger partial charge is 0.236 e. The molecule has 0 fully saturated rings. The lowest BCUT2D eigenvalue weighted by atomic mass is 10.2. The van der Waals surface area contributed by atoms with Gasteiger partial charge in [-0.3, -0.25) is 10.1 Å². The van der Waals surface area contributed by atoms with Gasteiger partial charge < -0.3 is 5.73 Å². The van der Waals surface area contributed by atoms with Gasteiger partial charge >= 0.3 is 0 Å². The molecule has 0 atom stereocenters. The number of nitrogens with two attached hydrogens (primary N) is 1. The molecule has 1 heterocycles. The topological polar surface area (TPSA) is 96.0 Å². The van der Waals surface area contributed by atoms with Crippen molar-refractivity contribution in [3.8, 4) is 0 Å². The molecule has 1 aromatic heterocycles. The highest BCUT2D eigenvalue weighted by Gasteiger charge is 2.15. The first kappa shape index (κ1) is 13.6. The summed E-state index contributed by atoms with van der Waals surface area (Å²) < 4.78 is 26.5. The molecule has 0 aliphatic carbocycles. The lowest BCUT2D eigenvalue weighted by Gasteiger charge is -2.08. The molecule has 0 aliphatic rings. The van der Waals surface area contributed by atoms with E-state index in [4.69, 9.17) is 11.1 Å². The van der Waals surface area contributed by atoms with Gasteiger partial charge in [-0.15, -0.1) is 11.3 Å². The summed E-state index contributed by atoms with van der Waals surface area (Å²) in [6.45, 7) is 0. The molecule has 19 heavy (non-hydrogen) atoms. The molecule has 0 aliphatic heterocycles. The summed E-state index contributed by atoms with van der Waals surface area (Å²) in [6, 6.07) is 10.5. The van der Waals surface area contributed by atoms with Crippen LogP contribution in [0.15, 0.2) is 41.8 Å². The molecule has 2 aromatic rings. The van der Waals surface area contributed by atoms with Gasteiger partial charge in [-0.2, -0.15) is 0 Å². The zero-order valence-corrected chi connectivity index (χ0v) is 11.6. The summed E-state index contributed by atoms with van der Waals surface area (Å²) in [5, 5.41) is 9.07. The van der Waals surface area contributed by atoms with Crippen molar-refractivity contribution in [3.05, 3.63) is 52.2 Å². The molecule has 2 rings (SSSR count). The number of amidine groups is 1.